The van der Waals surface area contributed by atoms with Crippen LogP contribution in [0.2, 0.25) is 0 Å². The molecule has 1 aliphatic heterocycles. The lowest BCUT2D eigenvalue weighted by Crippen LogP contribution is -2.50. The van der Waals surface area contributed by atoms with E-state index in [4.69, 9.17) is 4.74 Å². The van der Waals surface area contributed by atoms with Crippen molar-refractivity contribution in [2.75, 3.05) is 20.2 Å². The Hall–Kier alpha value is -1.10. The second-order valence-corrected chi connectivity index (χ2v) is 4.66. The van der Waals surface area contributed by atoms with Crippen molar-refractivity contribution < 1.29 is 14.3 Å². The first-order valence-electron chi connectivity index (χ1n) is 5.75. The molecule has 5 heteroatoms. The summed E-state index contributed by atoms with van der Waals surface area (Å²) in [6.45, 7) is 1.03. The van der Waals surface area contributed by atoms with Gasteiger partial charge in [-0.2, -0.15) is 0 Å². The Morgan fingerprint density at radius 3 is 2.81 bits per heavy atom. The zero-order chi connectivity index (χ0) is 11.6. The average molecular weight is 226 g/mol. The van der Waals surface area contributed by atoms with Crippen LogP contribution in [0.5, 0.6) is 0 Å². The highest BCUT2D eigenvalue weighted by Crippen LogP contribution is 2.34. The van der Waals surface area contributed by atoms with Gasteiger partial charge in [0.05, 0.1) is 11.5 Å². The lowest BCUT2D eigenvalue weighted by Gasteiger charge is -2.40. The van der Waals surface area contributed by atoms with Crippen LogP contribution >= 0.6 is 0 Å². The van der Waals surface area contributed by atoms with Crippen molar-refractivity contribution in [3.05, 3.63) is 0 Å². The summed E-state index contributed by atoms with van der Waals surface area (Å²) >= 11 is 0. The molecular formula is C11H18N2O3. The standard InChI is InChI=1S/C11H18N2O3/c1-16-11(3-2-4-11)7-13-10(15)8-5-9(14)12-6-8/h8H,2-7H2,1H3,(H,12,14)(H,13,15). The van der Waals surface area contributed by atoms with Gasteiger partial charge in [-0.15, -0.1) is 0 Å². The van der Waals surface area contributed by atoms with Gasteiger partial charge in [-0.25, -0.2) is 0 Å². The van der Waals surface area contributed by atoms with Crippen molar-refractivity contribution >= 4 is 11.8 Å². The van der Waals surface area contributed by atoms with Crippen molar-refractivity contribution in [3.8, 4) is 0 Å². The Morgan fingerprint density at radius 1 is 1.62 bits per heavy atom. The molecular weight excluding hydrogens is 208 g/mol. The Labute approximate surface area is 94.9 Å². The van der Waals surface area contributed by atoms with Gasteiger partial charge in [-0.05, 0) is 19.3 Å². The zero-order valence-electron chi connectivity index (χ0n) is 9.54. The molecule has 2 rings (SSSR count). The highest BCUT2D eigenvalue weighted by atomic mass is 16.5. The Bertz CT molecular complexity index is 294. The highest BCUT2D eigenvalue weighted by Gasteiger charge is 2.38. The second-order valence-electron chi connectivity index (χ2n) is 4.66. The number of carbonyl (C=O) groups is 2. The van der Waals surface area contributed by atoms with Crippen LogP contribution in [0.1, 0.15) is 25.7 Å². The van der Waals surface area contributed by atoms with Crippen molar-refractivity contribution in [1.29, 1.82) is 0 Å². The summed E-state index contributed by atoms with van der Waals surface area (Å²) in [6.07, 6.45) is 3.48. The van der Waals surface area contributed by atoms with Gasteiger partial charge in [-0.1, -0.05) is 0 Å². The molecule has 0 radical (unpaired) electrons. The Morgan fingerprint density at radius 2 is 2.38 bits per heavy atom. The van der Waals surface area contributed by atoms with Crippen LogP contribution in [0.25, 0.3) is 0 Å². The normalized spacial score (nSPS) is 27.1. The molecule has 0 spiro atoms. The molecule has 2 fully saturated rings. The van der Waals surface area contributed by atoms with E-state index in [9.17, 15) is 9.59 Å². The molecule has 16 heavy (non-hydrogen) atoms. The van der Waals surface area contributed by atoms with Crippen molar-refractivity contribution in [2.45, 2.75) is 31.3 Å². The third-order valence-electron chi connectivity index (χ3n) is 3.63. The summed E-state index contributed by atoms with van der Waals surface area (Å²) in [5, 5.41) is 5.54. The molecule has 1 heterocycles. The molecule has 0 aromatic rings. The molecule has 2 N–H and O–H groups in total. The molecule has 2 aliphatic rings. The quantitative estimate of drug-likeness (QED) is 0.698. The average Bonchev–Trinajstić information content (AvgIpc) is 2.64. The zero-order valence-corrected chi connectivity index (χ0v) is 9.54. The lowest BCUT2D eigenvalue weighted by atomic mass is 9.80. The number of methoxy groups -OCH3 is 1. The summed E-state index contributed by atoms with van der Waals surface area (Å²) in [5.74, 6) is -0.284. The molecule has 1 aliphatic carbocycles. The van der Waals surface area contributed by atoms with Crippen molar-refractivity contribution in [3.63, 3.8) is 0 Å². The van der Waals surface area contributed by atoms with E-state index in [1.807, 2.05) is 0 Å². The monoisotopic (exact) mass is 226 g/mol. The van der Waals surface area contributed by atoms with Crippen LogP contribution in [0.3, 0.4) is 0 Å². The number of ether oxygens (including phenoxy) is 1. The maximum Gasteiger partial charge on any atom is 0.225 e. The van der Waals surface area contributed by atoms with Crippen LogP contribution in [0.4, 0.5) is 0 Å². The molecule has 90 valence electrons. The summed E-state index contributed by atoms with van der Waals surface area (Å²) in [5.41, 5.74) is -0.147. The first kappa shape index (κ1) is 11.4. The summed E-state index contributed by atoms with van der Waals surface area (Å²) in [4.78, 5) is 22.7. The van der Waals surface area contributed by atoms with Gasteiger partial charge in [0.2, 0.25) is 11.8 Å². The minimum absolute atomic E-state index is 0.0368. The van der Waals surface area contributed by atoms with E-state index in [-0.39, 0.29) is 23.3 Å². The van der Waals surface area contributed by atoms with Crippen LogP contribution in [0, 0.1) is 5.92 Å². The van der Waals surface area contributed by atoms with E-state index in [1.54, 1.807) is 7.11 Å². The van der Waals surface area contributed by atoms with Crippen LogP contribution < -0.4 is 10.6 Å². The maximum atomic E-state index is 11.7. The molecule has 1 atom stereocenters. The lowest BCUT2D eigenvalue weighted by molar-refractivity contribution is -0.129. The van der Waals surface area contributed by atoms with Gasteiger partial charge < -0.3 is 15.4 Å². The molecule has 0 aromatic carbocycles. The first-order valence-corrected chi connectivity index (χ1v) is 5.75. The third-order valence-corrected chi connectivity index (χ3v) is 3.63. The largest absolute Gasteiger partial charge is 0.376 e. The molecule has 0 aromatic heterocycles. The van der Waals surface area contributed by atoms with Gasteiger partial charge in [0.25, 0.3) is 0 Å². The SMILES string of the molecule is COC1(CNC(=O)C2CNC(=O)C2)CCC1. The summed E-state index contributed by atoms with van der Waals surface area (Å²) < 4.78 is 5.41. The highest BCUT2D eigenvalue weighted by molar-refractivity contribution is 5.89. The fourth-order valence-electron chi connectivity index (χ4n) is 2.21. The molecule has 1 unspecified atom stereocenters. The van der Waals surface area contributed by atoms with Gasteiger partial charge in [-0.3, -0.25) is 9.59 Å². The molecule has 2 amide bonds. The summed E-state index contributed by atoms with van der Waals surface area (Å²) in [7, 11) is 1.69. The first-order chi connectivity index (χ1) is 7.65. The fourth-order valence-corrected chi connectivity index (χ4v) is 2.21. The van der Waals surface area contributed by atoms with Gasteiger partial charge in [0.15, 0.2) is 0 Å². The number of hydrogen-bond acceptors (Lipinski definition) is 3. The summed E-state index contributed by atoms with van der Waals surface area (Å²) in [6, 6.07) is 0. The smallest absolute Gasteiger partial charge is 0.225 e. The van der Waals surface area contributed by atoms with Crippen LogP contribution in [0.15, 0.2) is 0 Å². The molecule has 1 saturated carbocycles. The Balaban J connectivity index is 1.77. The van der Waals surface area contributed by atoms with E-state index in [2.05, 4.69) is 10.6 Å². The van der Waals surface area contributed by atoms with Gasteiger partial charge >= 0.3 is 0 Å². The molecule has 1 saturated heterocycles. The Kier molecular flexibility index (Phi) is 3.14. The van der Waals surface area contributed by atoms with E-state index in [0.29, 0.717) is 19.5 Å². The number of carbonyl (C=O) groups excluding carboxylic acids is 2. The predicted octanol–water partition coefficient (Wildman–Crippen LogP) is -0.192. The second kappa shape index (κ2) is 4.41. The van der Waals surface area contributed by atoms with Crippen LogP contribution in [-0.2, 0) is 14.3 Å². The number of rotatable bonds is 4. The molecule has 5 nitrogen and oxygen atoms in total. The van der Waals surface area contributed by atoms with Gasteiger partial charge in [0, 0.05) is 26.6 Å². The van der Waals surface area contributed by atoms with E-state index < -0.39 is 0 Å². The third kappa shape index (κ3) is 2.19. The minimum Gasteiger partial charge on any atom is -0.376 e. The topological polar surface area (TPSA) is 67.4 Å². The predicted molar refractivity (Wildman–Crippen MR) is 57.7 cm³/mol. The van der Waals surface area contributed by atoms with Crippen molar-refractivity contribution in [2.24, 2.45) is 5.92 Å². The number of hydrogen-bond donors (Lipinski definition) is 2. The number of nitrogens with one attached hydrogen (secondary N) is 2. The van der Waals surface area contributed by atoms with E-state index >= 15 is 0 Å². The maximum absolute atomic E-state index is 11.7. The minimum atomic E-state index is -0.207. The number of amides is 2. The van der Waals surface area contributed by atoms with E-state index in [0.717, 1.165) is 19.3 Å². The van der Waals surface area contributed by atoms with Crippen molar-refractivity contribution in [1.82, 2.24) is 10.6 Å². The molecule has 0 bridgehead atoms. The van der Waals surface area contributed by atoms with Gasteiger partial charge in [0.1, 0.15) is 0 Å². The van der Waals surface area contributed by atoms with Crippen LogP contribution in [-0.4, -0.2) is 37.6 Å². The fraction of sp³-hybridized carbons (Fsp3) is 0.818. The van der Waals surface area contributed by atoms with E-state index in [1.165, 1.54) is 0 Å².